The van der Waals surface area contributed by atoms with Crippen molar-refractivity contribution in [3.05, 3.63) is 24.3 Å². The zero-order chi connectivity index (χ0) is 17.6. The van der Waals surface area contributed by atoms with E-state index >= 15 is 0 Å². The number of thioether (sulfide) groups is 1. The molecule has 1 saturated carbocycles. The third-order valence-electron chi connectivity index (χ3n) is 4.05. The summed E-state index contributed by atoms with van der Waals surface area (Å²) in [6.07, 6.45) is 5.79. The minimum Gasteiger partial charge on any atom is -0.482 e. The number of hydrogen-bond donors (Lipinski definition) is 2. The molecule has 1 aliphatic rings. The Morgan fingerprint density at radius 2 is 1.83 bits per heavy atom. The highest BCUT2D eigenvalue weighted by molar-refractivity contribution is 8.01. The highest BCUT2D eigenvalue weighted by Crippen LogP contribution is 2.34. The van der Waals surface area contributed by atoms with E-state index in [1.165, 1.54) is 31.0 Å². The largest absolute Gasteiger partial charge is 0.482 e. The number of rotatable bonds is 7. The smallest absolute Gasteiger partial charge is 0.341 e. The van der Waals surface area contributed by atoms with Crippen molar-refractivity contribution in [2.75, 3.05) is 6.61 Å². The number of hydrogen-bond acceptors (Lipinski definition) is 4. The molecule has 1 fully saturated rings. The third kappa shape index (κ3) is 5.74. The zero-order valence-electron chi connectivity index (χ0n) is 14.2. The quantitative estimate of drug-likeness (QED) is 0.736. The normalized spacial score (nSPS) is 15.8. The van der Waals surface area contributed by atoms with E-state index < -0.39 is 10.7 Å². The summed E-state index contributed by atoms with van der Waals surface area (Å²) in [4.78, 5) is 24.0. The van der Waals surface area contributed by atoms with Gasteiger partial charge in [-0.05, 0) is 51.0 Å². The summed E-state index contributed by atoms with van der Waals surface area (Å²) in [6, 6.07) is 7.44. The van der Waals surface area contributed by atoms with Gasteiger partial charge in [-0.25, -0.2) is 4.79 Å². The molecule has 1 amide bonds. The second-order valence-corrected chi connectivity index (χ2v) is 8.27. The molecule has 5 nitrogen and oxygen atoms in total. The predicted molar refractivity (Wildman–Crippen MR) is 94.5 cm³/mol. The lowest BCUT2D eigenvalue weighted by Gasteiger charge is -2.29. The number of carboxylic acids is 1. The highest BCUT2D eigenvalue weighted by atomic mass is 32.2. The van der Waals surface area contributed by atoms with Crippen molar-refractivity contribution in [1.82, 2.24) is 5.32 Å². The predicted octanol–water partition coefficient (Wildman–Crippen LogP) is 3.47. The van der Waals surface area contributed by atoms with Crippen molar-refractivity contribution in [3.63, 3.8) is 0 Å². The summed E-state index contributed by atoms with van der Waals surface area (Å²) < 4.78 is 4.54. The van der Waals surface area contributed by atoms with E-state index in [1.54, 1.807) is 12.1 Å². The van der Waals surface area contributed by atoms with Gasteiger partial charge in [-0.15, -0.1) is 11.8 Å². The maximum atomic E-state index is 12.6. The molecule has 0 bridgehead atoms. The molecule has 1 aromatic rings. The summed E-state index contributed by atoms with van der Waals surface area (Å²) in [5.41, 5.74) is 0. The summed E-state index contributed by atoms with van der Waals surface area (Å²) in [5.74, 6) is -0.439. The molecule has 0 radical (unpaired) electrons. The van der Waals surface area contributed by atoms with Gasteiger partial charge in [0.05, 0.1) is 4.75 Å². The van der Waals surface area contributed by atoms with Gasteiger partial charge in [-0.1, -0.05) is 19.3 Å². The van der Waals surface area contributed by atoms with Crippen LogP contribution in [0.25, 0.3) is 0 Å². The Morgan fingerprint density at radius 3 is 2.42 bits per heavy atom. The van der Waals surface area contributed by atoms with Crippen LogP contribution in [-0.2, 0) is 9.59 Å². The first-order chi connectivity index (χ1) is 11.4. The van der Waals surface area contributed by atoms with Crippen LogP contribution in [0.3, 0.4) is 0 Å². The van der Waals surface area contributed by atoms with Gasteiger partial charge in [-0.3, -0.25) is 4.79 Å². The van der Waals surface area contributed by atoms with Gasteiger partial charge in [0.1, 0.15) is 5.75 Å². The monoisotopic (exact) mass is 351 g/mol. The fourth-order valence-electron chi connectivity index (χ4n) is 2.70. The van der Waals surface area contributed by atoms with Gasteiger partial charge in [0.2, 0.25) is 5.91 Å². The van der Waals surface area contributed by atoms with Crippen molar-refractivity contribution >= 4 is 23.6 Å². The number of carboxylic acid groups (broad SMARTS) is 1. The number of carbonyl (C=O) groups excluding carboxylic acids is 1. The topological polar surface area (TPSA) is 75.6 Å². The van der Waals surface area contributed by atoms with E-state index in [-0.39, 0.29) is 12.5 Å². The summed E-state index contributed by atoms with van der Waals surface area (Å²) in [6.45, 7) is 3.48. The number of nitrogens with one attached hydrogen (secondary N) is 1. The number of aliphatic carboxylic acids is 1. The third-order valence-corrected chi connectivity index (χ3v) is 5.25. The standard InChI is InChI=1S/C18H25NO4S/c1-18(2,17(22)19-13-6-4-3-5-7-13)24-15-10-8-14(9-11-15)23-12-16(20)21/h8-11,13H,3-7,12H2,1-2H3,(H,19,22)(H,20,21). The second kappa shape index (κ2) is 8.42. The van der Waals surface area contributed by atoms with Crippen LogP contribution in [0.2, 0.25) is 0 Å². The summed E-state index contributed by atoms with van der Waals surface area (Å²) in [5, 5.41) is 11.8. The molecule has 0 aliphatic heterocycles. The van der Waals surface area contributed by atoms with Crippen molar-refractivity contribution < 1.29 is 19.4 Å². The molecular weight excluding hydrogens is 326 g/mol. The number of amides is 1. The maximum Gasteiger partial charge on any atom is 0.341 e. The second-order valence-electron chi connectivity index (χ2n) is 6.57. The lowest BCUT2D eigenvalue weighted by molar-refractivity contribution is -0.139. The van der Waals surface area contributed by atoms with E-state index in [0.29, 0.717) is 11.8 Å². The fraction of sp³-hybridized carbons (Fsp3) is 0.556. The molecule has 0 unspecified atom stereocenters. The van der Waals surface area contributed by atoms with Crippen LogP contribution in [0.1, 0.15) is 46.0 Å². The van der Waals surface area contributed by atoms with Gasteiger partial charge >= 0.3 is 5.97 Å². The zero-order valence-corrected chi connectivity index (χ0v) is 15.0. The summed E-state index contributed by atoms with van der Waals surface area (Å²) >= 11 is 1.49. The van der Waals surface area contributed by atoms with Gasteiger partial charge in [0, 0.05) is 10.9 Å². The van der Waals surface area contributed by atoms with Crippen molar-refractivity contribution in [3.8, 4) is 5.75 Å². The average molecular weight is 351 g/mol. The van der Waals surface area contributed by atoms with Gasteiger partial charge in [0.25, 0.3) is 0 Å². The molecule has 1 aliphatic carbocycles. The van der Waals surface area contributed by atoms with Crippen LogP contribution in [0.15, 0.2) is 29.2 Å². The number of ether oxygens (including phenoxy) is 1. The van der Waals surface area contributed by atoms with E-state index in [1.807, 2.05) is 26.0 Å². The Morgan fingerprint density at radius 1 is 1.21 bits per heavy atom. The molecular formula is C18H25NO4S. The Hall–Kier alpha value is -1.69. The molecule has 132 valence electrons. The van der Waals surface area contributed by atoms with Crippen molar-refractivity contribution in [2.45, 2.75) is 61.6 Å². The van der Waals surface area contributed by atoms with Gasteiger partial charge in [0.15, 0.2) is 6.61 Å². The SMILES string of the molecule is CC(C)(Sc1ccc(OCC(=O)O)cc1)C(=O)NC1CCCCC1. The fourth-order valence-corrected chi connectivity index (χ4v) is 3.71. The Bertz CT molecular complexity index is 565. The van der Waals surface area contributed by atoms with Crippen LogP contribution in [0.4, 0.5) is 0 Å². The molecule has 0 aromatic heterocycles. The Kier molecular flexibility index (Phi) is 6.54. The van der Waals surface area contributed by atoms with E-state index in [9.17, 15) is 9.59 Å². The minimum absolute atomic E-state index is 0.0607. The van der Waals surface area contributed by atoms with Crippen LogP contribution >= 0.6 is 11.8 Å². The van der Waals surface area contributed by atoms with Crippen LogP contribution in [0, 0.1) is 0 Å². The van der Waals surface area contributed by atoms with E-state index in [0.717, 1.165) is 17.7 Å². The lowest BCUT2D eigenvalue weighted by atomic mass is 9.95. The van der Waals surface area contributed by atoms with Gasteiger partial charge in [-0.2, -0.15) is 0 Å². The summed E-state index contributed by atoms with van der Waals surface area (Å²) in [7, 11) is 0. The lowest BCUT2D eigenvalue weighted by Crippen LogP contribution is -2.45. The van der Waals surface area contributed by atoms with Crippen LogP contribution in [0.5, 0.6) is 5.75 Å². The Balaban J connectivity index is 1.89. The minimum atomic E-state index is -1.01. The molecule has 2 N–H and O–H groups in total. The first-order valence-electron chi connectivity index (χ1n) is 8.31. The Labute approximate surface area is 147 Å². The first-order valence-corrected chi connectivity index (χ1v) is 9.13. The van der Waals surface area contributed by atoms with Crippen molar-refractivity contribution in [2.24, 2.45) is 0 Å². The number of carbonyl (C=O) groups is 2. The average Bonchev–Trinajstić information content (AvgIpc) is 2.54. The molecule has 0 saturated heterocycles. The molecule has 1 aromatic carbocycles. The molecule has 0 heterocycles. The maximum absolute atomic E-state index is 12.6. The van der Waals surface area contributed by atoms with E-state index in [2.05, 4.69) is 5.32 Å². The molecule has 0 atom stereocenters. The van der Waals surface area contributed by atoms with Crippen LogP contribution < -0.4 is 10.1 Å². The van der Waals surface area contributed by atoms with Crippen LogP contribution in [-0.4, -0.2) is 34.4 Å². The molecule has 24 heavy (non-hydrogen) atoms. The molecule has 6 heteroatoms. The molecule has 2 rings (SSSR count). The number of benzene rings is 1. The van der Waals surface area contributed by atoms with Crippen molar-refractivity contribution in [1.29, 1.82) is 0 Å². The van der Waals surface area contributed by atoms with Gasteiger partial charge < -0.3 is 15.2 Å². The highest BCUT2D eigenvalue weighted by Gasteiger charge is 2.30. The van der Waals surface area contributed by atoms with E-state index in [4.69, 9.17) is 9.84 Å². The molecule has 0 spiro atoms. The first kappa shape index (κ1) is 18.6.